The largest absolute Gasteiger partial charge is 0.350 e. The van der Waals surface area contributed by atoms with Crippen LogP contribution in [0.4, 0.5) is 11.4 Å². The maximum absolute atomic E-state index is 13.5. The summed E-state index contributed by atoms with van der Waals surface area (Å²) < 4.78 is 0. The molecule has 1 N–H and O–H groups in total. The molecule has 0 radical (unpaired) electrons. The first-order valence-electron chi connectivity index (χ1n) is 10.6. The summed E-state index contributed by atoms with van der Waals surface area (Å²) in [5, 5.41) is 3.76. The number of carbonyl (C=O) groups excluding carboxylic acids is 2. The van der Waals surface area contributed by atoms with Crippen LogP contribution in [-0.2, 0) is 9.59 Å². The van der Waals surface area contributed by atoms with Crippen LogP contribution >= 0.6 is 11.6 Å². The Bertz CT molecular complexity index is 1230. The standard InChI is InChI=1S/C27H25ClN2O2/c1-16(2)19-7-11-22(12-8-19)29-25-24(20-6-5-17(3)18(4)15-20)26(31)30(27(25)32)23-13-9-21(28)10-14-23/h5-16,29H,1-4H3. The molecule has 5 heteroatoms. The molecule has 0 fully saturated rings. The molecule has 4 rings (SSSR count). The zero-order chi connectivity index (χ0) is 23.0. The highest BCUT2D eigenvalue weighted by molar-refractivity contribution is 6.46. The third-order valence-electron chi connectivity index (χ3n) is 5.81. The minimum atomic E-state index is -0.390. The number of hydrogen-bond acceptors (Lipinski definition) is 3. The minimum absolute atomic E-state index is 0.269. The van der Waals surface area contributed by atoms with E-state index in [1.54, 1.807) is 24.3 Å². The summed E-state index contributed by atoms with van der Waals surface area (Å²) in [5.41, 5.74) is 5.97. The highest BCUT2D eigenvalue weighted by Gasteiger charge is 2.40. The van der Waals surface area contributed by atoms with Crippen LogP contribution in [0.15, 0.2) is 72.4 Å². The number of anilines is 2. The van der Waals surface area contributed by atoms with Crippen molar-refractivity contribution in [2.45, 2.75) is 33.6 Å². The second-order valence-corrected chi connectivity index (χ2v) is 8.81. The molecule has 0 saturated heterocycles. The van der Waals surface area contributed by atoms with Gasteiger partial charge in [-0.05, 0) is 78.4 Å². The van der Waals surface area contributed by atoms with Crippen LogP contribution in [0.25, 0.3) is 5.57 Å². The molecule has 0 unspecified atom stereocenters. The van der Waals surface area contributed by atoms with Gasteiger partial charge in [0.15, 0.2) is 0 Å². The number of rotatable bonds is 5. The number of amides is 2. The second-order valence-electron chi connectivity index (χ2n) is 8.37. The van der Waals surface area contributed by atoms with E-state index < -0.39 is 5.91 Å². The number of aryl methyl sites for hydroxylation is 2. The zero-order valence-electron chi connectivity index (χ0n) is 18.6. The smallest absolute Gasteiger partial charge is 0.282 e. The molecule has 1 heterocycles. The van der Waals surface area contributed by atoms with E-state index in [4.69, 9.17) is 11.6 Å². The van der Waals surface area contributed by atoms with Crippen molar-refractivity contribution in [1.29, 1.82) is 0 Å². The maximum atomic E-state index is 13.5. The van der Waals surface area contributed by atoms with Gasteiger partial charge in [0.1, 0.15) is 5.70 Å². The number of benzene rings is 3. The molecule has 0 saturated carbocycles. The average Bonchev–Trinajstić information content (AvgIpc) is 3.01. The number of hydrogen-bond donors (Lipinski definition) is 1. The molecule has 1 aliphatic heterocycles. The van der Waals surface area contributed by atoms with Crippen LogP contribution in [0.5, 0.6) is 0 Å². The topological polar surface area (TPSA) is 49.4 Å². The first-order chi connectivity index (χ1) is 15.3. The highest BCUT2D eigenvalue weighted by atomic mass is 35.5. The summed E-state index contributed by atoms with van der Waals surface area (Å²) in [4.78, 5) is 28.2. The predicted molar refractivity (Wildman–Crippen MR) is 131 cm³/mol. The zero-order valence-corrected chi connectivity index (χ0v) is 19.3. The predicted octanol–water partition coefficient (Wildman–Crippen LogP) is 6.48. The van der Waals surface area contributed by atoms with Crippen LogP contribution in [0.2, 0.25) is 5.02 Å². The fourth-order valence-corrected chi connectivity index (χ4v) is 3.86. The monoisotopic (exact) mass is 444 g/mol. The molecule has 2 amide bonds. The Hall–Kier alpha value is -3.37. The number of nitrogens with one attached hydrogen (secondary N) is 1. The van der Waals surface area contributed by atoms with Crippen LogP contribution in [0.3, 0.4) is 0 Å². The summed E-state index contributed by atoms with van der Waals surface area (Å²) in [6.45, 7) is 8.28. The fourth-order valence-electron chi connectivity index (χ4n) is 3.73. The summed E-state index contributed by atoms with van der Waals surface area (Å²) >= 11 is 6.01. The Labute approximate surface area is 193 Å². The van der Waals surface area contributed by atoms with Gasteiger partial charge in [-0.2, -0.15) is 0 Å². The van der Waals surface area contributed by atoms with E-state index in [0.29, 0.717) is 27.8 Å². The molecule has 0 bridgehead atoms. The Morgan fingerprint density at radius 2 is 1.47 bits per heavy atom. The highest BCUT2D eigenvalue weighted by Crippen LogP contribution is 2.35. The fraction of sp³-hybridized carbons (Fsp3) is 0.185. The van der Waals surface area contributed by atoms with Crippen molar-refractivity contribution >= 4 is 40.4 Å². The molecule has 0 aliphatic carbocycles. The van der Waals surface area contributed by atoms with Gasteiger partial charge < -0.3 is 5.32 Å². The van der Waals surface area contributed by atoms with E-state index in [9.17, 15) is 9.59 Å². The summed E-state index contributed by atoms with van der Waals surface area (Å²) in [7, 11) is 0. The Kier molecular flexibility index (Phi) is 5.90. The van der Waals surface area contributed by atoms with Crippen molar-refractivity contribution in [1.82, 2.24) is 0 Å². The summed E-state index contributed by atoms with van der Waals surface area (Å²) in [6.07, 6.45) is 0. The van der Waals surface area contributed by atoms with E-state index in [1.807, 2.05) is 56.3 Å². The lowest BCUT2D eigenvalue weighted by Gasteiger charge is -2.15. The SMILES string of the molecule is Cc1ccc(C2=C(Nc3ccc(C(C)C)cc3)C(=O)N(c3ccc(Cl)cc3)C2=O)cc1C. The Morgan fingerprint density at radius 3 is 2.06 bits per heavy atom. The molecule has 4 nitrogen and oxygen atoms in total. The van der Waals surface area contributed by atoms with Gasteiger partial charge in [-0.3, -0.25) is 9.59 Å². The van der Waals surface area contributed by atoms with Crippen molar-refractivity contribution in [3.8, 4) is 0 Å². The molecule has 3 aromatic rings. The lowest BCUT2D eigenvalue weighted by Crippen LogP contribution is -2.32. The first kappa shape index (κ1) is 21.8. The van der Waals surface area contributed by atoms with Crippen molar-refractivity contribution < 1.29 is 9.59 Å². The van der Waals surface area contributed by atoms with Crippen molar-refractivity contribution in [2.24, 2.45) is 0 Å². The van der Waals surface area contributed by atoms with Gasteiger partial charge in [0.05, 0.1) is 11.3 Å². The van der Waals surface area contributed by atoms with E-state index in [2.05, 4.69) is 19.2 Å². The molecular weight excluding hydrogens is 420 g/mol. The minimum Gasteiger partial charge on any atom is -0.350 e. The number of halogens is 1. The van der Waals surface area contributed by atoms with Gasteiger partial charge in [-0.1, -0.05) is 55.8 Å². The van der Waals surface area contributed by atoms with Crippen molar-refractivity contribution in [3.05, 3.63) is 99.7 Å². The van der Waals surface area contributed by atoms with Crippen LogP contribution in [0, 0.1) is 13.8 Å². The third-order valence-corrected chi connectivity index (χ3v) is 6.06. The molecule has 0 aromatic heterocycles. The number of nitrogens with zero attached hydrogens (tertiary/aromatic N) is 1. The quantitative estimate of drug-likeness (QED) is 0.458. The summed E-state index contributed by atoms with van der Waals surface area (Å²) in [5.74, 6) is -0.343. The van der Waals surface area contributed by atoms with E-state index in [-0.39, 0.29) is 11.6 Å². The van der Waals surface area contributed by atoms with Gasteiger partial charge in [-0.15, -0.1) is 0 Å². The van der Waals surface area contributed by atoms with Gasteiger partial charge in [0.2, 0.25) is 0 Å². The van der Waals surface area contributed by atoms with Crippen LogP contribution in [0.1, 0.15) is 42.0 Å². The van der Waals surface area contributed by atoms with Crippen LogP contribution < -0.4 is 10.2 Å². The van der Waals surface area contributed by atoms with Crippen molar-refractivity contribution in [2.75, 3.05) is 10.2 Å². The number of imide groups is 1. The average molecular weight is 445 g/mol. The van der Waals surface area contributed by atoms with E-state index >= 15 is 0 Å². The van der Waals surface area contributed by atoms with Gasteiger partial charge >= 0.3 is 0 Å². The third kappa shape index (κ3) is 4.06. The van der Waals surface area contributed by atoms with Crippen molar-refractivity contribution in [3.63, 3.8) is 0 Å². The Morgan fingerprint density at radius 1 is 0.812 bits per heavy atom. The van der Waals surface area contributed by atoms with Crippen LogP contribution in [-0.4, -0.2) is 11.8 Å². The lowest BCUT2D eigenvalue weighted by atomic mass is 9.99. The molecule has 0 spiro atoms. The lowest BCUT2D eigenvalue weighted by molar-refractivity contribution is -0.120. The van der Waals surface area contributed by atoms with Gasteiger partial charge in [0.25, 0.3) is 11.8 Å². The second kappa shape index (κ2) is 8.64. The first-order valence-corrected chi connectivity index (χ1v) is 11.0. The maximum Gasteiger partial charge on any atom is 0.282 e. The van der Waals surface area contributed by atoms with Gasteiger partial charge in [-0.25, -0.2) is 4.90 Å². The number of carbonyl (C=O) groups is 2. The van der Waals surface area contributed by atoms with Gasteiger partial charge in [0, 0.05) is 10.7 Å². The molecule has 32 heavy (non-hydrogen) atoms. The molecule has 1 aliphatic rings. The molecule has 0 atom stereocenters. The normalized spacial score (nSPS) is 14.0. The summed E-state index contributed by atoms with van der Waals surface area (Å²) in [6, 6.07) is 20.4. The Balaban J connectivity index is 1.80. The molecule has 162 valence electrons. The van der Waals surface area contributed by atoms with E-state index in [0.717, 1.165) is 16.8 Å². The van der Waals surface area contributed by atoms with E-state index in [1.165, 1.54) is 10.5 Å². The molecular formula is C27H25ClN2O2. The molecule has 3 aromatic carbocycles.